The van der Waals surface area contributed by atoms with Gasteiger partial charge in [0.1, 0.15) is 17.8 Å². The van der Waals surface area contributed by atoms with Crippen LogP contribution in [-0.2, 0) is 10.2 Å². The molecule has 162 valence electrons. The van der Waals surface area contributed by atoms with Crippen LogP contribution in [0.25, 0.3) is 11.1 Å². The van der Waals surface area contributed by atoms with E-state index in [-0.39, 0.29) is 19.3 Å². The van der Waals surface area contributed by atoms with Gasteiger partial charge in [-0.3, -0.25) is 9.78 Å². The van der Waals surface area contributed by atoms with Gasteiger partial charge < -0.3 is 19.1 Å². The van der Waals surface area contributed by atoms with Crippen molar-refractivity contribution in [2.24, 2.45) is 0 Å². The molecule has 6 heteroatoms. The van der Waals surface area contributed by atoms with Crippen LogP contribution in [0, 0.1) is 0 Å². The number of carbonyl (C=O) groups excluding carboxylic acids is 1. The monoisotopic (exact) mass is 428 g/mol. The summed E-state index contributed by atoms with van der Waals surface area (Å²) in [5.41, 5.74) is 3.89. The molecule has 4 heterocycles. The van der Waals surface area contributed by atoms with E-state index in [0.29, 0.717) is 23.8 Å². The molecule has 2 aromatic carbocycles. The van der Waals surface area contributed by atoms with E-state index in [0.717, 1.165) is 47.2 Å². The third-order valence-corrected chi connectivity index (χ3v) is 6.71. The fourth-order valence-corrected chi connectivity index (χ4v) is 5.19. The first-order valence-electron chi connectivity index (χ1n) is 11.2. The summed E-state index contributed by atoms with van der Waals surface area (Å²) in [5.74, 6) is 2.07. The number of amides is 1. The van der Waals surface area contributed by atoms with Crippen LogP contribution in [0.1, 0.15) is 37.3 Å². The van der Waals surface area contributed by atoms with Crippen molar-refractivity contribution in [2.75, 3.05) is 24.8 Å². The maximum Gasteiger partial charge on any atom is 0.245 e. The van der Waals surface area contributed by atoms with Gasteiger partial charge in [0.15, 0.2) is 11.5 Å². The van der Waals surface area contributed by atoms with E-state index < -0.39 is 5.41 Å². The molecule has 0 N–H and O–H groups in total. The molecular formula is C26H24N2O4. The van der Waals surface area contributed by atoms with Crippen molar-refractivity contribution in [2.45, 2.75) is 31.6 Å². The number of fused-ring (bicyclic) bond motifs is 5. The molecule has 1 aromatic heterocycles. The molecule has 6 rings (SSSR count). The Morgan fingerprint density at radius 3 is 2.72 bits per heavy atom. The van der Waals surface area contributed by atoms with Gasteiger partial charge in [-0.2, -0.15) is 0 Å². The van der Waals surface area contributed by atoms with Gasteiger partial charge in [0.25, 0.3) is 0 Å². The molecule has 1 amide bonds. The molecule has 0 bridgehead atoms. The molecule has 0 saturated heterocycles. The molecule has 3 aliphatic rings. The maximum absolute atomic E-state index is 14.2. The second-order valence-corrected chi connectivity index (χ2v) is 8.50. The third kappa shape index (κ3) is 2.58. The summed E-state index contributed by atoms with van der Waals surface area (Å²) in [6.07, 6.45) is 6.76. The second kappa shape index (κ2) is 7.26. The van der Waals surface area contributed by atoms with Gasteiger partial charge in [0.05, 0.1) is 0 Å². The van der Waals surface area contributed by atoms with Crippen molar-refractivity contribution in [1.29, 1.82) is 0 Å². The number of pyridine rings is 1. The average Bonchev–Trinajstić information content (AvgIpc) is 3.50. The number of carbonyl (C=O) groups is 1. The quantitative estimate of drug-likeness (QED) is 0.552. The first-order chi connectivity index (χ1) is 15.7. The maximum atomic E-state index is 14.2. The van der Waals surface area contributed by atoms with Crippen LogP contribution in [0.4, 0.5) is 5.69 Å². The lowest BCUT2D eigenvalue weighted by Gasteiger charge is -2.24. The smallest absolute Gasteiger partial charge is 0.245 e. The van der Waals surface area contributed by atoms with Crippen LogP contribution in [-0.4, -0.2) is 30.8 Å². The van der Waals surface area contributed by atoms with Gasteiger partial charge in [-0.25, -0.2) is 0 Å². The Morgan fingerprint density at radius 1 is 1.03 bits per heavy atom. The summed E-state index contributed by atoms with van der Waals surface area (Å²) in [6.45, 7) is 3.31. The SMILES string of the molecule is CCCCCN1C(=O)C2(COc3cc4c(cc32)OCO4)c2c(-c3cccnc3)cccc21. The zero-order valence-corrected chi connectivity index (χ0v) is 18.0. The van der Waals surface area contributed by atoms with Crippen molar-refractivity contribution in [3.8, 4) is 28.4 Å². The molecule has 0 fully saturated rings. The predicted octanol–water partition coefficient (Wildman–Crippen LogP) is 4.69. The van der Waals surface area contributed by atoms with Gasteiger partial charge in [-0.15, -0.1) is 0 Å². The molecule has 3 aliphatic heterocycles. The number of hydrogen-bond acceptors (Lipinski definition) is 5. The lowest BCUT2D eigenvalue weighted by atomic mass is 9.74. The van der Waals surface area contributed by atoms with Crippen LogP contribution in [0.15, 0.2) is 54.9 Å². The van der Waals surface area contributed by atoms with E-state index in [2.05, 4.69) is 24.0 Å². The molecule has 32 heavy (non-hydrogen) atoms. The molecule has 1 atom stereocenters. The van der Waals surface area contributed by atoms with Crippen molar-refractivity contribution in [3.63, 3.8) is 0 Å². The summed E-state index contributed by atoms with van der Waals surface area (Å²) in [5, 5.41) is 0. The summed E-state index contributed by atoms with van der Waals surface area (Å²) in [4.78, 5) is 20.5. The Labute approximate surface area is 186 Å². The lowest BCUT2D eigenvalue weighted by molar-refractivity contribution is -0.122. The van der Waals surface area contributed by atoms with Gasteiger partial charge in [-0.05, 0) is 30.2 Å². The number of rotatable bonds is 5. The first-order valence-corrected chi connectivity index (χ1v) is 11.2. The molecule has 1 unspecified atom stereocenters. The van der Waals surface area contributed by atoms with E-state index in [1.807, 2.05) is 41.4 Å². The van der Waals surface area contributed by atoms with Crippen molar-refractivity contribution >= 4 is 11.6 Å². The van der Waals surface area contributed by atoms with E-state index in [4.69, 9.17) is 14.2 Å². The Kier molecular flexibility index (Phi) is 4.35. The molecule has 0 aliphatic carbocycles. The van der Waals surface area contributed by atoms with Crippen molar-refractivity contribution < 1.29 is 19.0 Å². The summed E-state index contributed by atoms with van der Waals surface area (Å²) < 4.78 is 17.4. The summed E-state index contributed by atoms with van der Waals surface area (Å²) in [6, 6.07) is 13.9. The number of unbranched alkanes of at least 4 members (excludes halogenated alkanes) is 2. The molecular weight excluding hydrogens is 404 g/mol. The summed E-state index contributed by atoms with van der Waals surface area (Å²) in [7, 11) is 0. The highest BCUT2D eigenvalue weighted by molar-refractivity contribution is 6.13. The van der Waals surface area contributed by atoms with Crippen LogP contribution in [0.2, 0.25) is 0 Å². The minimum absolute atomic E-state index is 0.0672. The van der Waals surface area contributed by atoms with Gasteiger partial charge >= 0.3 is 0 Å². The molecule has 1 spiro atoms. The number of nitrogens with zero attached hydrogens (tertiary/aromatic N) is 2. The van der Waals surface area contributed by atoms with Gasteiger partial charge in [0.2, 0.25) is 12.7 Å². The van der Waals surface area contributed by atoms with Crippen LogP contribution in [0.5, 0.6) is 17.2 Å². The zero-order chi connectivity index (χ0) is 21.7. The number of anilines is 1. The highest BCUT2D eigenvalue weighted by Crippen LogP contribution is 2.57. The average molecular weight is 428 g/mol. The van der Waals surface area contributed by atoms with Gasteiger partial charge in [0, 0.05) is 47.4 Å². The van der Waals surface area contributed by atoms with E-state index in [1.165, 1.54) is 0 Å². The van der Waals surface area contributed by atoms with Crippen molar-refractivity contribution in [1.82, 2.24) is 4.98 Å². The van der Waals surface area contributed by atoms with Crippen LogP contribution < -0.4 is 19.1 Å². The Balaban J connectivity index is 1.58. The Bertz CT molecular complexity index is 1210. The Hall–Kier alpha value is -3.54. The topological polar surface area (TPSA) is 60.9 Å². The lowest BCUT2D eigenvalue weighted by Crippen LogP contribution is -2.43. The largest absolute Gasteiger partial charge is 0.491 e. The third-order valence-electron chi connectivity index (χ3n) is 6.71. The zero-order valence-electron chi connectivity index (χ0n) is 18.0. The molecule has 0 radical (unpaired) electrons. The molecule has 0 saturated carbocycles. The minimum atomic E-state index is -0.912. The number of benzene rings is 2. The number of ether oxygens (including phenoxy) is 3. The van der Waals surface area contributed by atoms with Crippen LogP contribution >= 0.6 is 0 Å². The predicted molar refractivity (Wildman–Crippen MR) is 120 cm³/mol. The van der Waals surface area contributed by atoms with Crippen molar-refractivity contribution in [3.05, 3.63) is 66.0 Å². The fraction of sp³-hybridized carbons (Fsp3) is 0.308. The highest BCUT2D eigenvalue weighted by Gasteiger charge is 2.58. The molecule has 6 nitrogen and oxygen atoms in total. The standard InChI is InChI=1S/C26H24N2O4/c1-2-3-4-11-28-20-9-5-8-18(17-7-6-10-27-14-17)24(20)26(25(28)29)15-30-21-13-23-22(12-19(21)26)31-16-32-23/h5-10,12-14H,2-4,11,15-16H2,1H3. The Morgan fingerprint density at radius 2 is 1.91 bits per heavy atom. The number of hydrogen-bond donors (Lipinski definition) is 0. The fourth-order valence-electron chi connectivity index (χ4n) is 5.19. The number of aromatic nitrogens is 1. The van der Waals surface area contributed by atoms with E-state index >= 15 is 0 Å². The normalized spacial score (nSPS) is 19.9. The minimum Gasteiger partial charge on any atom is -0.491 e. The van der Waals surface area contributed by atoms with Gasteiger partial charge in [-0.1, -0.05) is 38.0 Å². The molecule has 3 aromatic rings. The second-order valence-electron chi connectivity index (χ2n) is 8.50. The summed E-state index contributed by atoms with van der Waals surface area (Å²) >= 11 is 0. The first kappa shape index (κ1) is 19.2. The van der Waals surface area contributed by atoms with E-state index in [9.17, 15) is 4.79 Å². The van der Waals surface area contributed by atoms with Crippen LogP contribution in [0.3, 0.4) is 0 Å². The van der Waals surface area contributed by atoms with E-state index in [1.54, 1.807) is 6.20 Å². The highest BCUT2D eigenvalue weighted by atomic mass is 16.7.